The minimum atomic E-state index is -0.649. The Morgan fingerprint density at radius 3 is 2.00 bits per heavy atom. The summed E-state index contributed by atoms with van der Waals surface area (Å²) in [4.78, 5) is 11.1. The van der Waals surface area contributed by atoms with Crippen molar-refractivity contribution in [3.8, 4) is 0 Å². The van der Waals surface area contributed by atoms with Crippen LogP contribution in [0, 0.1) is 5.92 Å². The second-order valence-electron chi connectivity index (χ2n) is 3.69. The lowest BCUT2D eigenvalue weighted by atomic mass is 9.99. The zero-order valence-corrected chi connectivity index (χ0v) is 10.4. The molecule has 2 atom stereocenters. The van der Waals surface area contributed by atoms with E-state index in [1.807, 2.05) is 0 Å². The number of carboxylic acid groups (broad SMARTS) is 1. The van der Waals surface area contributed by atoms with Gasteiger partial charge in [-0.15, -0.1) is 11.8 Å². The maximum Gasteiger partial charge on any atom is 0.316 e. The van der Waals surface area contributed by atoms with Gasteiger partial charge in [-0.3, -0.25) is 4.79 Å². The minimum absolute atomic E-state index is 0.222. The van der Waals surface area contributed by atoms with Gasteiger partial charge in [0.1, 0.15) is 5.25 Å². The molecule has 3 heteroatoms. The Balaban J connectivity index is 4.34. The van der Waals surface area contributed by atoms with Crippen molar-refractivity contribution in [2.24, 2.45) is 5.92 Å². The number of thioether (sulfide) groups is 1. The van der Waals surface area contributed by atoms with Gasteiger partial charge in [-0.1, -0.05) is 40.5 Å². The van der Waals surface area contributed by atoms with Crippen LogP contribution in [0.3, 0.4) is 0 Å². The fraction of sp³-hybridized carbons (Fsp3) is 0.909. The topological polar surface area (TPSA) is 37.3 Å². The first kappa shape index (κ1) is 13.8. The molecule has 0 aromatic carbocycles. The van der Waals surface area contributed by atoms with Gasteiger partial charge in [0.05, 0.1) is 0 Å². The Morgan fingerprint density at radius 2 is 1.71 bits per heavy atom. The first-order valence-electron chi connectivity index (χ1n) is 5.44. The summed E-state index contributed by atoms with van der Waals surface area (Å²) >= 11 is 1.61. The van der Waals surface area contributed by atoms with Crippen LogP contribution < -0.4 is 0 Å². The molecule has 0 saturated heterocycles. The van der Waals surface area contributed by atoms with Gasteiger partial charge in [-0.05, 0) is 12.3 Å². The van der Waals surface area contributed by atoms with Gasteiger partial charge in [-0.2, -0.15) is 0 Å². The summed E-state index contributed by atoms with van der Waals surface area (Å²) in [6, 6.07) is 0. The van der Waals surface area contributed by atoms with Gasteiger partial charge in [0.2, 0.25) is 0 Å². The quantitative estimate of drug-likeness (QED) is 0.711. The molecule has 14 heavy (non-hydrogen) atoms. The van der Waals surface area contributed by atoms with E-state index in [1.165, 1.54) is 0 Å². The standard InChI is InChI=1S/C11H22O2S/c1-5-8(4)14-10(11(12)13)9(6-2)7-3/h8-10H,5-7H2,1-4H3,(H,12,13). The largest absolute Gasteiger partial charge is 0.480 e. The lowest BCUT2D eigenvalue weighted by Gasteiger charge is -2.23. The molecule has 0 heterocycles. The molecule has 0 fully saturated rings. The number of aliphatic carboxylic acids is 1. The predicted molar refractivity (Wildman–Crippen MR) is 62.8 cm³/mol. The Bertz CT molecular complexity index is 167. The molecule has 0 aliphatic rings. The van der Waals surface area contributed by atoms with E-state index >= 15 is 0 Å². The smallest absolute Gasteiger partial charge is 0.316 e. The molecule has 84 valence electrons. The van der Waals surface area contributed by atoms with Gasteiger partial charge in [0.15, 0.2) is 0 Å². The lowest BCUT2D eigenvalue weighted by Crippen LogP contribution is -2.27. The third-order valence-electron chi connectivity index (χ3n) is 2.67. The molecule has 2 nitrogen and oxygen atoms in total. The molecule has 0 aromatic heterocycles. The highest BCUT2D eigenvalue weighted by atomic mass is 32.2. The van der Waals surface area contributed by atoms with Crippen LogP contribution in [0.1, 0.15) is 47.0 Å². The second kappa shape index (κ2) is 7.16. The van der Waals surface area contributed by atoms with Crippen LogP contribution in [-0.2, 0) is 4.79 Å². The summed E-state index contributed by atoms with van der Waals surface area (Å²) in [5.74, 6) is -0.338. The summed E-state index contributed by atoms with van der Waals surface area (Å²) in [5.41, 5.74) is 0. The molecule has 0 radical (unpaired) electrons. The third kappa shape index (κ3) is 4.36. The summed E-state index contributed by atoms with van der Waals surface area (Å²) in [6.45, 7) is 8.34. The Kier molecular flexibility index (Phi) is 7.06. The summed E-state index contributed by atoms with van der Waals surface area (Å²) in [7, 11) is 0. The van der Waals surface area contributed by atoms with Crippen molar-refractivity contribution < 1.29 is 9.90 Å². The minimum Gasteiger partial charge on any atom is -0.480 e. The Hall–Kier alpha value is -0.180. The van der Waals surface area contributed by atoms with E-state index in [4.69, 9.17) is 5.11 Å². The number of carboxylic acids is 1. The maximum absolute atomic E-state index is 11.1. The zero-order valence-electron chi connectivity index (χ0n) is 9.62. The van der Waals surface area contributed by atoms with Crippen LogP contribution in [-0.4, -0.2) is 21.6 Å². The molecule has 0 rings (SSSR count). The van der Waals surface area contributed by atoms with Crippen molar-refractivity contribution in [2.45, 2.75) is 57.5 Å². The fourth-order valence-corrected chi connectivity index (χ4v) is 2.85. The fourth-order valence-electron chi connectivity index (χ4n) is 1.43. The molecule has 1 N–H and O–H groups in total. The monoisotopic (exact) mass is 218 g/mol. The van der Waals surface area contributed by atoms with Crippen LogP contribution >= 0.6 is 11.8 Å². The Labute approximate surface area is 91.5 Å². The number of carbonyl (C=O) groups is 1. The SMILES string of the molecule is CCC(C)SC(C(=O)O)C(CC)CC. The highest BCUT2D eigenvalue weighted by Crippen LogP contribution is 2.29. The molecule has 0 saturated carbocycles. The number of rotatable bonds is 7. The van der Waals surface area contributed by atoms with E-state index in [-0.39, 0.29) is 5.25 Å². The van der Waals surface area contributed by atoms with E-state index in [1.54, 1.807) is 11.8 Å². The van der Waals surface area contributed by atoms with Gasteiger partial charge in [0, 0.05) is 5.25 Å². The van der Waals surface area contributed by atoms with Gasteiger partial charge >= 0.3 is 5.97 Å². The van der Waals surface area contributed by atoms with Crippen molar-refractivity contribution in [3.63, 3.8) is 0 Å². The molecule has 0 aliphatic heterocycles. The van der Waals surface area contributed by atoms with Crippen LogP contribution in [0.2, 0.25) is 0 Å². The molecular weight excluding hydrogens is 196 g/mol. The third-order valence-corrected chi connectivity index (χ3v) is 4.35. The van der Waals surface area contributed by atoms with E-state index in [9.17, 15) is 4.79 Å². The van der Waals surface area contributed by atoms with E-state index in [0.29, 0.717) is 11.2 Å². The normalized spacial score (nSPS) is 15.5. The first-order chi connectivity index (χ1) is 6.56. The van der Waals surface area contributed by atoms with Crippen molar-refractivity contribution in [2.75, 3.05) is 0 Å². The number of hydrogen-bond donors (Lipinski definition) is 1. The molecule has 2 unspecified atom stereocenters. The summed E-state index contributed by atoms with van der Waals surface area (Å²) in [5, 5.41) is 9.35. The highest BCUT2D eigenvalue weighted by Gasteiger charge is 2.27. The second-order valence-corrected chi connectivity index (χ2v) is 5.28. The average molecular weight is 218 g/mol. The summed E-state index contributed by atoms with van der Waals surface area (Å²) < 4.78 is 0. The van der Waals surface area contributed by atoms with Crippen LogP contribution in [0.15, 0.2) is 0 Å². The van der Waals surface area contributed by atoms with Gasteiger partial charge in [-0.25, -0.2) is 0 Å². The van der Waals surface area contributed by atoms with E-state index in [2.05, 4.69) is 27.7 Å². The van der Waals surface area contributed by atoms with Crippen molar-refractivity contribution >= 4 is 17.7 Å². The molecule has 0 bridgehead atoms. The zero-order chi connectivity index (χ0) is 11.1. The first-order valence-corrected chi connectivity index (χ1v) is 6.39. The van der Waals surface area contributed by atoms with Crippen molar-refractivity contribution in [1.29, 1.82) is 0 Å². The van der Waals surface area contributed by atoms with Crippen LogP contribution in [0.25, 0.3) is 0 Å². The van der Waals surface area contributed by atoms with Crippen molar-refractivity contribution in [3.05, 3.63) is 0 Å². The maximum atomic E-state index is 11.1. The molecule has 0 spiro atoms. The molecule has 0 amide bonds. The average Bonchev–Trinajstić information content (AvgIpc) is 2.17. The summed E-state index contributed by atoms with van der Waals surface area (Å²) in [6.07, 6.45) is 2.95. The predicted octanol–water partition coefficient (Wildman–Crippen LogP) is 3.41. The lowest BCUT2D eigenvalue weighted by molar-refractivity contribution is -0.137. The molecule has 0 aromatic rings. The number of hydrogen-bond acceptors (Lipinski definition) is 2. The van der Waals surface area contributed by atoms with Crippen LogP contribution in [0.5, 0.6) is 0 Å². The molecular formula is C11H22O2S. The molecule has 0 aliphatic carbocycles. The Morgan fingerprint density at radius 1 is 1.21 bits per heavy atom. The van der Waals surface area contributed by atoms with E-state index in [0.717, 1.165) is 19.3 Å². The van der Waals surface area contributed by atoms with Crippen molar-refractivity contribution in [1.82, 2.24) is 0 Å². The van der Waals surface area contributed by atoms with Gasteiger partial charge in [0.25, 0.3) is 0 Å². The highest BCUT2D eigenvalue weighted by molar-refractivity contribution is 8.01. The van der Waals surface area contributed by atoms with E-state index < -0.39 is 5.97 Å². The van der Waals surface area contributed by atoms with Crippen LogP contribution in [0.4, 0.5) is 0 Å². The van der Waals surface area contributed by atoms with Gasteiger partial charge < -0.3 is 5.11 Å².